The summed E-state index contributed by atoms with van der Waals surface area (Å²) < 4.78 is 0. The molecular formula is C18H15Cl2N3OS2. The summed E-state index contributed by atoms with van der Waals surface area (Å²) in [6.45, 7) is 2.21. The van der Waals surface area contributed by atoms with Crippen LogP contribution < -0.4 is 10.6 Å². The topological polar surface area (TPSA) is 64.9 Å². The summed E-state index contributed by atoms with van der Waals surface area (Å²) in [5, 5.41) is 16.6. The van der Waals surface area contributed by atoms with E-state index in [2.05, 4.69) is 23.6 Å². The molecule has 1 aliphatic carbocycles. The Labute approximate surface area is 171 Å². The minimum absolute atomic E-state index is 0.129. The number of halogens is 2. The number of amides is 1. The quantitative estimate of drug-likeness (QED) is 0.653. The van der Waals surface area contributed by atoms with Crippen LogP contribution >= 0.6 is 46.8 Å². The molecule has 0 fully saturated rings. The van der Waals surface area contributed by atoms with Gasteiger partial charge in [-0.15, -0.1) is 11.3 Å². The number of benzene rings is 1. The first-order valence-corrected chi connectivity index (χ1v) is 9.99. The summed E-state index contributed by atoms with van der Waals surface area (Å²) in [7, 11) is 0. The lowest BCUT2D eigenvalue weighted by atomic mass is 9.89. The Balaban J connectivity index is 1.74. The molecule has 1 atom stereocenters. The van der Waals surface area contributed by atoms with Crippen molar-refractivity contribution in [3.63, 3.8) is 0 Å². The van der Waals surface area contributed by atoms with Crippen molar-refractivity contribution in [1.82, 2.24) is 5.32 Å². The molecule has 0 bridgehead atoms. The van der Waals surface area contributed by atoms with Crippen molar-refractivity contribution in [2.75, 3.05) is 5.32 Å². The third kappa shape index (κ3) is 4.02. The predicted molar refractivity (Wildman–Crippen MR) is 110 cm³/mol. The Morgan fingerprint density at radius 2 is 2.19 bits per heavy atom. The first-order valence-electron chi connectivity index (χ1n) is 8.01. The summed E-state index contributed by atoms with van der Waals surface area (Å²) in [5.74, 6) is 0.178. The second kappa shape index (κ2) is 7.93. The fourth-order valence-corrected chi connectivity index (χ4v) is 5.05. The van der Waals surface area contributed by atoms with Gasteiger partial charge in [0.1, 0.15) is 11.1 Å². The third-order valence-electron chi connectivity index (χ3n) is 4.25. The van der Waals surface area contributed by atoms with Gasteiger partial charge in [0, 0.05) is 9.90 Å². The maximum Gasteiger partial charge on any atom is 0.258 e. The van der Waals surface area contributed by atoms with Crippen LogP contribution in [0.1, 0.15) is 39.7 Å². The molecule has 0 aliphatic heterocycles. The number of thiocarbonyl (C=S) groups is 1. The van der Waals surface area contributed by atoms with Crippen LogP contribution in [0.25, 0.3) is 0 Å². The highest BCUT2D eigenvalue weighted by molar-refractivity contribution is 7.80. The lowest BCUT2D eigenvalue weighted by Gasteiger charge is -2.17. The van der Waals surface area contributed by atoms with Gasteiger partial charge >= 0.3 is 0 Å². The number of nitriles is 1. The zero-order valence-corrected chi connectivity index (χ0v) is 17.0. The molecule has 134 valence electrons. The molecule has 1 amide bonds. The molecule has 3 rings (SSSR count). The van der Waals surface area contributed by atoms with E-state index in [1.165, 1.54) is 28.3 Å². The zero-order chi connectivity index (χ0) is 18.8. The first kappa shape index (κ1) is 19.1. The van der Waals surface area contributed by atoms with Crippen molar-refractivity contribution < 1.29 is 4.79 Å². The summed E-state index contributed by atoms with van der Waals surface area (Å²) in [6.07, 6.45) is 2.95. The third-order valence-corrected chi connectivity index (χ3v) is 6.18. The number of anilines is 1. The average Bonchev–Trinajstić information content (AvgIpc) is 2.90. The normalized spacial score (nSPS) is 15.7. The summed E-state index contributed by atoms with van der Waals surface area (Å²) in [5.41, 5.74) is 2.01. The van der Waals surface area contributed by atoms with Gasteiger partial charge in [-0.1, -0.05) is 30.1 Å². The predicted octanol–water partition coefficient (Wildman–Crippen LogP) is 5.18. The molecule has 1 aromatic carbocycles. The van der Waals surface area contributed by atoms with Gasteiger partial charge in [-0.05, 0) is 61.2 Å². The lowest BCUT2D eigenvalue weighted by molar-refractivity contribution is 0.0978. The van der Waals surface area contributed by atoms with Gasteiger partial charge in [-0.25, -0.2) is 0 Å². The molecule has 4 nitrogen and oxygen atoms in total. The molecular weight excluding hydrogens is 409 g/mol. The summed E-state index contributed by atoms with van der Waals surface area (Å²) >= 11 is 18.7. The lowest BCUT2D eigenvalue weighted by Crippen LogP contribution is -2.34. The van der Waals surface area contributed by atoms with Crippen LogP contribution in [0, 0.1) is 17.2 Å². The number of nitrogens with zero attached hydrogens (tertiary/aromatic N) is 1. The van der Waals surface area contributed by atoms with E-state index in [0.29, 0.717) is 21.5 Å². The van der Waals surface area contributed by atoms with Crippen molar-refractivity contribution >= 4 is 62.8 Å². The second-order valence-corrected chi connectivity index (χ2v) is 8.56. The molecule has 1 heterocycles. The molecule has 0 radical (unpaired) electrons. The van der Waals surface area contributed by atoms with Crippen molar-refractivity contribution in [2.45, 2.75) is 26.2 Å². The Bertz CT molecular complexity index is 933. The van der Waals surface area contributed by atoms with E-state index in [9.17, 15) is 10.1 Å². The van der Waals surface area contributed by atoms with Crippen molar-refractivity contribution in [3.05, 3.63) is 49.8 Å². The standard InChI is InChI=1S/C18H15Cl2N3OS2/c1-9-2-4-11-13(8-21)17(26-15(11)6-9)23-18(25)22-16(24)12-5-3-10(19)7-14(12)20/h3,5,7,9H,2,4,6H2,1H3,(H2,22,23,24,25). The number of nitrogens with one attached hydrogen (secondary N) is 2. The highest BCUT2D eigenvalue weighted by Crippen LogP contribution is 2.39. The van der Waals surface area contributed by atoms with Crippen molar-refractivity contribution in [1.29, 1.82) is 5.26 Å². The van der Waals surface area contributed by atoms with Crippen molar-refractivity contribution in [3.8, 4) is 6.07 Å². The fourth-order valence-electron chi connectivity index (χ4n) is 2.94. The zero-order valence-electron chi connectivity index (χ0n) is 13.9. The molecule has 2 aromatic rings. The van der Waals surface area contributed by atoms with Gasteiger partial charge in [0.25, 0.3) is 5.91 Å². The second-order valence-electron chi connectivity index (χ2n) is 6.20. The molecule has 2 N–H and O–H groups in total. The molecule has 0 spiro atoms. The van der Waals surface area contributed by atoms with Gasteiger partial charge < -0.3 is 5.32 Å². The average molecular weight is 424 g/mol. The van der Waals surface area contributed by atoms with E-state index in [-0.39, 0.29) is 15.7 Å². The van der Waals surface area contributed by atoms with Crippen LogP contribution in [0.2, 0.25) is 10.0 Å². The number of carbonyl (C=O) groups is 1. The van der Waals surface area contributed by atoms with E-state index in [1.807, 2.05) is 0 Å². The number of carbonyl (C=O) groups excluding carboxylic acids is 1. The SMILES string of the molecule is CC1CCc2c(sc(NC(=S)NC(=O)c3ccc(Cl)cc3Cl)c2C#N)C1. The van der Waals surface area contributed by atoms with Gasteiger partial charge in [-0.2, -0.15) is 5.26 Å². The number of hydrogen-bond donors (Lipinski definition) is 2. The number of fused-ring (bicyclic) bond motifs is 1. The Morgan fingerprint density at radius 3 is 2.88 bits per heavy atom. The molecule has 26 heavy (non-hydrogen) atoms. The summed E-state index contributed by atoms with van der Waals surface area (Å²) in [4.78, 5) is 13.6. The van der Waals surface area contributed by atoms with E-state index < -0.39 is 5.91 Å². The molecule has 0 saturated heterocycles. The number of hydrogen-bond acceptors (Lipinski definition) is 4. The highest BCUT2D eigenvalue weighted by atomic mass is 35.5. The first-order chi connectivity index (χ1) is 12.4. The van der Waals surface area contributed by atoms with Crippen LogP contribution in [0.5, 0.6) is 0 Å². The molecule has 0 saturated carbocycles. The van der Waals surface area contributed by atoms with Crippen LogP contribution in [-0.2, 0) is 12.8 Å². The van der Waals surface area contributed by atoms with Crippen molar-refractivity contribution in [2.24, 2.45) is 5.92 Å². The molecule has 1 aliphatic rings. The highest BCUT2D eigenvalue weighted by Gasteiger charge is 2.24. The van der Waals surface area contributed by atoms with E-state index in [0.717, 1.165) is 24.8 Å². The Hall–Kier alpha value is -1.65. The van der Waals surface area contributed by atoms with E-state index in [1.54, 1.807) is 6.07 Å². The van der Waals surface area contributed by atoms with Crippen LogP contribution in [0.15, 0.2) is 18.2 Å². The smallest absolute Gasteiger partial charge is 0.258 e. The number of rotatable bonds is 2. The van der Waals surface area contributed by atoms with Crippen LogP contribution in [0.3, 0.4) is 0 Å². The van der Waals surface area contributed by atoms with E-state index >= 15 is 0 Å². The Morgan fingerprint density at radius 1 is 1.42 bits per heavy atom. The Kier molecular flexibility index (Phi) is 5.83. The van der Waals surface area contributed by atoms with E-state index in [4.69, 9.17) is 35.4 Å². The molecule has 1 unspecified atom stereocenters. The monoisotopic (exact) mass is 423 g/mol. The van der Waals surface area contributed by atoms with Gasteiger partial charge in [0.05, 0.1) is 16.1 Å². The van der Waals surface area contributed by atoms with Crippen LogP contribution in [-0.4, -0.2) is 11.0 Å². The van der Waals surface area contributed by atoms with Crippen LogP contribution in [0.4, 0.5) is 5.00 Å². The largest absolute Gasteiger partial charge is 0.323 e. The molecule has 8 heteroatoms. The van der Waals surface area contributed by atoms with Gasteiger partial charge in [0.15, 0.2) is 5.11 Å². The maximum absolute atomic E-state index is 12.3. The van der Waals surface area contributed by atoms with Gasteiger partial charge in [-0.3, -0.25) is 10.1 Å². The summed E-state index contributed by atoms with van der Waals surface area (Å²) in [6, 6.07) is 6.88. The molecule has 1 aromatic heterocycles. The minimum atomic E-state index is -0.433. The van der Waals surface area contributed by atoms with Gasteiger partial charge in [0.2, 0.25) is 0 Å². The maximum atomic E-state index is 12.3. The fraction of sp³-hybridized carbons (Fsp3) is 0.278. The minimum Gasteiger partial charge on any atom is -0.323 e. The number of thiophene rings is 1.